The number of hydrogen-bond acceptors (Lipinski definition) is 3. The van der Waals surface area contributed by atoms with Crippen LogP contribution in [0, 0.1) is 5.82 Å². The van der Waals surface area contributed by atoms with E-state index in [1.54, 1.807) is 29.1 Å². The van der Waals surface area contributed by atoms with E-state index < -0.39 is 0 Å². The largest absolute Gasteiger partial charge is 0.396 e. The zero-order chi connectivity index (χ0) is 15.2. The van der Waals surface area contributed by atoms with Crippen LogP contribution in [0.2, 0.25) is 0 Å². The average Bonchev–Trinajstić information content (AvgIpc) is 2.88. The van der Waals surface area contributed by atoms with E-state index in [1.165, 1.54) is 12.1 Å². The SMILES string of the molecule is CC(CCO)NC(=O)Cc1ccn(-c2ccc(F)cc2)n1. The van der Waals surface area contributed by atoms with Crippen molar-refractivity contribution in [3.8, 4) is 5.69 Å². The number of nitrogens with zero attached hydrogens (tertiary/aromatic N) is 2. The molecule has 0 saturated carbocycles. The van der Waals surface area contributed by atoms with Gasteiger partial charge in [-0.25, -0.2) is 9.07 Å². The number of nitrogens with one attached hydrogen (secondary N) is 1. The summed E-state index contributed by atoms with van der Waals surface area (Å²) in [4.78, 5) is 11.8. The normalized spacial score (nSPS) is 12.1. The van der Waals surface area contributed by atoms with E-state index in [0.717, 1.165) is 5.69 Å². The van der Waals surface area contributed by atoms with Crippen molar-refractivity contribution in [2.45, 2.75) is 25.8 Å². The highest BCUT2D eigenvalue weighted by atomic mass is 19.1. The number of carbonyl (C=O) groups is 1. The van der Waals surface area contributed by atoms with Crippen LogP contribution in [-0.4, -0.2) is 33.4 Å². The van der Waals surface area contributed by atoms with Gasteiger partial charge in [0.25, 0.3) is 0 Å². The molecule has 1 aromatic heterocycles. The summed E-state index contributed by atoms with van der Waals surface area (Å²) in [7, 11) is 0. The zero-order valence-corrected chi connectivity index (χ0v) is 11.8. The number of hydrogen-bond donors (Lipinski definition) is 2. The first-order chi connectivity index (χ1) is 10.1. The molecular formula is C15H18FN3O2. The summed E-state index contributed by atoms with van der Waals surface area (Å²) in [6.07, 6.45) is 2.42. The number of amides is 1. The lowest BCUT2D eigenvalue weighted by Gasteiger charge is -2.11. The fourth-order valence-corrected chi connectivity index (χ4v) is 1.95. The molecule has 0 spiro atoms. The smallest absolute Gasteiger partial charge is 0.226 e. The van der Waals surface area contributed by atoms with Crippen molar-refractivity contribution in [3.63, 3.8) is 0 Å². The van der Waals surface area contributed by atoms with Gasteiger partial charge in [0.1, 0.15) is 5.82 Å². The molecule has 0 radical (unpaired) electrons. The van der Waals surface area contributed by atoms with Crippen LogP contribution in [0.3, 0.4) is 0 Å². The maximum Gasteiger partial charge on any atom is 0.226 e. The van der Waals surface area contributed by atoms with Gasteiger partial charge in [-0.15, -0.1) is 0 Å². The molecule has 2 aromatic rings. The van der Waals surface area contributed by atoms with Gasteiger partial charge in [0.2, 0.25) is 5.91 Å². The monoisotopic (exact) mass is 291 g/mol. The fourth-order valence-electron chi connectivity index (χ4n) is 1.95. The minimum Gasteiger partial charge on any atom is -0.396 e. The fraction of sp³-hybridized carbons (Fsp3) is 0.333. The Balaban J connectivity index is 1.97. The van der Waals surface area contributed by atoms with E-state index in [2.05, 4.69) is 10.4 Å². The number of aliphatic hydroxyl groups is 1. The van der Waals surface area contributed by atoms with E-state index in [4.69, 9.17) is 5.11 Å². The van der Waals surface area contributed by atoms with Crippen molar-refractivity contribution < 1.29 is 14.3 Å². The van der Waals surface area contributed by atoms with Crippen LogP contribution in [0.15, 0.2) is 36.5 Å². The first-order valence-electron chi connectivity index (χ1n) is 6.79. The highest BCUT2D eigenvalue weighted by Crippen LogP contribution is 2.09. The molecule has 0 aliphatic rings. The summed E-state index contributed by atoms with van der Waals surface area (Å²) in [5.74, 6) is -0.441. The van der Waals surface area contributed by atoms with Crippen LogP contribution < -0.4 is 5.32 Å². The number of benzene rings is 1. The molecule has 112 valence electrons. The first kappa shape index (κ1) is 15.2. The standard InChI is InChI=1S/C15H18FN3O2/c1-11(7-9-20)17-15(21)10-13-6-8-19(18-13)14-4-2-12(16)3-5-14/h2-6,8,11,20H,7,9-10H2,1H3,(H,17,21). The Morgan fingerprint density at radius 3 is 2.76 bits per heavy atom. The Morgan fingerprint density at radius 2 is 2.10 bits per heavy atom. The minimum atomic E-state index is -0.302. The van der Waals surface area contributed by atoms with Gasteiger partial charge in [-0.1, -0.05) is 0 Å². The maximum atomic E-state index is 12.9. The van der Waals surface area contributed by atoms with Crippen LogP contribution in [0.5, 0.6) is 0 Å². The first-order valence-corrected chi connectivity index (χ1v) is 6.79. The molecule has 21 heavy (non-hydrogen) atoms. The lowest BCUT2D eigenvalue weighted by molar-refractivity contribution is -0.121. The summed E-state index contributed by atoms with van der Waals surface area (Å²) in [6.45, 7) is 1.88. The number of aromatic nitrogens is 2. The molecule has 0 aliphatic carbocycles. The summed E-state index contributed by atoms with van der Waals surface area (Å²) in [5, 5.41) is 15.9. The predicted molar refractivity (Wildman–Crippen MR) is 76.5 cm³/mol. The Kier molecular flexibility index (Phi) is 5.05. The van der Waals surface area contributed by atoms with Gasteiger partial charge in [-0.2, -0.15) is 5.10 Å². The minimum absolute atomic E-state index is 0.0423. The highest BCUT2D eigenvalue weighted by Gasteiger charge is 2.10. The van der Waals surface area contributed by atoms with Crippen molar-refractivity contribution in [1.29, 1.82) is 0 Å². The summed E-state index contributed by atoms with van der Waals surface area (Å²) in [6, 6.07) is 7.65. The van der Waals surface area contributed by atoms with Crippen molar-refractivity contribution in [3.05, 3.63) is 48.0 Å². The van der Waals surface area contributed by atoms with E-state index in [-0.39, 0.29) is 30.8 Å². The van der Waals surface area contributed by atoms with Crippen LogP contribution in [0.4, 0.5) is 4.39 Å². The average molecular weight is 291 g/mol. The van der Waals surface area contributed by atoms with Gasteiger partial charge in [0, 0.05) is 18.8 Å². The van der Waals surface area contributed by atoms with Crippen LogP contribution in [0.1, 0.15) is 19.0 Å². The van der Waals surface area contributed by atoms with Gasteiger partial charge in [-0.3, -0.25) is 4.79 Å². The molecule has 1 unspecified atom stereocenters. The van der Waals surface area contributed by atoms with Gasteiger partial charge in [-0.05, 0) is 43.7 Å². The van der Waals surface area contributed by atoms with Crippen molar-refractivity contribution in [1.82, 2.24) is 15.1 Å². The zero-order valence-electron chi connectivity index (χ0n) is 11.8. The number of aliphatic hydroxyl groups excluding tert-OH is 1. The van der Waals surface area contributed by atoms with Crippen LogP contribution >= 0.6 is 0 Å². The molecule has 0 saturated heterocycles. The Hall–Kier alpha value is -2.21. The third kappa shape index (κ3) is 4.39. The van der Waals surface area contributed by atoms with Gasteiger partial charge in [0.05, 0.1) is 17.8 Å². The summed E-state index contributed by atoms with van der Waals surface area (Å²) in [5.41, 5.74) is 1.37. The number of rotatable bonds is 6. The van der Waals surface area contributed by atoms with E-state index in [0.29, 0.717) is 12.1 Å². The molecule has 2 N–H and O–H groups in total. The molecule has 1 atom stereocenters. The third-order valence-electron chi connectivity index (χ3n) is 3.05. The Labute approximate surface area is 122 Å². The number of carbonyl (C=O) groups excluding carboxylic acids is 1. The molecule has 1 heterocycles. The molecule has 0 aliphatic heterocycles. The third-order valence-corrected chi connectivity index (χ3v) is 3.05. The lowest BCUT2D eigenvalue weighted by atomic mass is 10.2. The van der Waals surface area contributed by atoms with Crippen LogP contribution in [0.25, 0.3) is 5.69 Å². The van der Waals surface area contributed by atoms with E-state index in [1.807, 2.05) is 6.92 Å². The molecular weight excluding hydrogens is 273 g/mol. The molecule has 5 nitrogen and oxygen atoms in total. The Morgan fingerprint density at radius 1 is 1.38 bits per heavy atom. The molecule has 6 heteroatoms. The summed E-state index contributed by atoms with van der Waals surface area (Å²) < 4.78 is 14.5. The van der Waals surface area contributed by atoms with Crippen molar-refractivity contribution in [2.24, 2.45) is 0 Å². The number of halogens is 1. The molecule has 1 aromatic carbocycles. The second-order valence-corrected chi connectivity index (χ2v) is 4.89. The lowest BCUT2D eigenvalue weighted by Crippen LogP contribution is -2.34. The summed E-state index contributed by atoms with van der Waals surface area (Å²) >= 11 is 0. The Bertz CT molecular complexity index is 595. The van der Waals surface area contributed by atoms with Gasteiger partial charge < -0.3 is 10.4 Å². The second-order valence-electron chi connectivity index (χ2n) is 4.89. The predicted octanol–water partition coefficient (Wildman–Crippen LogP) is 1.44. The molecule has 1 amide bonds. The molecule has 2 rings (SSSR count). The maximum absolute atomic E-state index is 12.9. The highest BCUT2D eigenvalue weighted by molar-refractivity contribution is 5.78. The van der Waals surface area contributed by atoms with Gasteiger partial charge >= 0.3 is 0 Å². The molecule has 0 fully saturated rings. The van der Waals surface area contributed by atoms with Crippen molar-refractivity contribution >= 4 is 5.91 Å². The second kappa shape index (κ2) is 6.99. The van der Waals surface area contributed by atoms with Crippen LogP contribution in [-0.2, 0) is 11.2 Å². The topological polar surface area (TPSA) is 67.2 Å². The van der Waals surface area contributed by atoms with Gasteiger partial charge in [0.15, 0.2) is 0 Å². The van der Waals surface area contributed by atoms with Crippen molar-refractivity contribution in [2.75, 3.05) is 6.61 Å². The van der Waals surface area contributed by atoms with E-state index >= 15 is 0 Å². The quantitative estimate of drug-likeness (QED) is 0.846. The molecule has 0 bridgehead atoms. The van der Waals surface area contributed by atoms with E-state index in [9.17, 15) is 9.18 Å².